The monoisotopic (exact) mass is 435 g/mol. The van der Waals surface area contributed by atoms with Crippen LogP contribution in [0.25, 0.3) is 0 Å². The van der Waals surface area contributed by atoms with Gasteiger partial charge >= 0.3 is 0 Å². The summed E-state index contributed by atoms with van der Waals surface area (Å²) in [7, 11) is 2.10. The van der Waals surface area contributed by atoms with Crippen molar-refractivity contribution in [3.8, 4) is 0 Å². The van der Waals surface area contributed by atoms with Gasteiger partial charge in [-0.2, -0.15) is 0 Å². The van der Waals surface area contributed by atoms with Gasteiger partial charge in [-0.25, -0.2) is 0 Å². The minimum atomic E-state index is -0.173. The summed E-state index contributed by atoms with van der Waals surface area (Å²) >= 11 is 3.65. The molecule has 1 saturated heterocycles. The molecule has 1 aliphatic heterocycles. The minimum Gasteiger partial charge on any atom is -0.371 e. The van der Waals surface area contributed by atoms with E-state index in [1.165, 1.54) is 25.7 Å². The zero-order valence-corrected chi connectivity index (χ0v) is 18.0. The number of hydrogen-bond donors (Lipinski definition) is 2. The van der Waals surface area contributed by atoms with Crippen LogP contribution in [0.1, 0.15) is 56.3 Å². The van der Waals surface area contributed by atoms with Gasteiger partial charge in [-0.15, -0.1) is 0 Å². The molecule has 1 heterocycles. The number of nitrogens with one attached hydrogen (secondary N) is 2. The molecular formula is C21H30BrN3O2. The molecule has 148 valence electrons. The van der Waals surface area contributed by atoms with E-state index < -0.39 is 0 Å². The average molecular weight is 436 g/mol. The number of amides is 2. The number of nitrogens with zero attached hydrogens (tertiary/aromatic N) is 1. The van der Waals surface area contributed by atoms with Crippen LogP contribution in [0.4, 0.5) is 5.69 Å². The highest BCUT2D eigenvalue weighted by atomic mass is 79.9. The first-order chi connectivity index (χ1) is 12.9. The molecule has 3 rings (SSSR count). The Morgan fingerprint density at radius 2 is 2.00 bits per heavy atom. The Balaban J connectivity index is 1.68. The molecule has 2 aliphatic rings. The quantitative estimate of drug-likeness (QED) is 0.740. The Hall–Kier alpha value is -1.56. The fraction of sp³-hybridized carbons (Fsp3) is 0.619. The first-order valence-corrected chi connectivity index (χ1v) is 10.8. The largest absolute Gasteiger partial charge is 0.371 e. The van der Waals surface area contributed by atoms with Gasteiger partial charge in [-0.3, -0.25) is 9.59 Å². The Labute approximate surface area is 170 Å². The van der Waals surface area contributed by atoms with Gasteiger partial charge < -0.3 is 15.5 Å². The first kappa shape index (κ1) is 20.2. The molecule has 2 N–H and O–H groups in total. The molecule has 0 radical (unpaired) electrons. The molecular weight excluding hydrogens is 406 g/mol. The summed E-state index contributed by atoms with van der Waals surface area (Å²) in [5.41, 5.74) is 1.67. The summed E-state index contributed by atoms with van der Waals surface area (Å²) < 4.78 is 0.826. The van der Waals surface area contributed by atoms with Crippen molar-refractivity contribution in [3.05, 3.63) is 28.2 Å². The summed E-state index contributed by atoms with van der Waals surface area (Å²) in [5.74, 6) is -0.0110. The summed E-state index contributed by atoms with van der Waals surface area (Å²) in [5, 5.41) is 5.96. The molecule has 0 aromatic heterocycles. The van der Waals surface area contributed by atoms with Crippen LogP contribution in [0.3, 0.4) is 0 Å². The van der Waals surface area contributed by atoms with Crippen LogP contribution >= 0.6 is 15.9 Å². The van der Waals surface area contributed by atoms with Crippen molar-refractivity contribution < 1.29 is 9.59 Å². The highest BCUT2D eigenvalue weighted by Crippen LogP contribution is 2.34. The zero-order chi connectivity index (χ0) is 19.6. The van der Waals surface area contributed by atoms with E-state index in [9.17, 15) is 9.59 Å². The standard InChI is InChI=1S/C21H30BrN3O2/c1-13-11-14(2)24-21(27)17(13)12-23-20(26)16-9-6-10-18(19(16)22)25(3)15-7-4-5-8-15/h6,9-10,13-15,17H,4-5,7-8,11-12H2,1-3H3,(H,23,26)(H,24,27). The SMILES string of the molecule is CC1CC(C)C(CNC(=O)c2cccc(N(C)C3CCCC3)c2Br)C(=O)N1. The second-order valence-electron chi connectivity index (χ2n) is 8.13. The van der Waals surface area contributed by atoms with E-state index in [1.54, 1.807) is 0 Å². The molecule has 6 heteroatoms. The maximum atomic E-state index is 12.8. The third-order valence-electron chi connectivity index (χ3n) is 6.10. The van der Waals surface area contributed by atoms with E-state index in [1.807, 2.05) is 19.1 Å². The van der Waals surface area contributed by atoms with Crippen LogP contribution in [0.2, 0.25) is 0 Å². The molecule has 3 atom stereocenters. The Kier molecular flexibility index (Phi) is 6.45. The predicted molar refractivity (Wildman–Crippen MR) is 112 cm³/mol. The minimum absolute atomic E-state index is 0.0373. The topological polar surface area (TPSA) is 61.4 Å². The van der Waals surface area contributed by atoms with Crippen LogP contribution < -0.4 is 15.5 Å². The molecule has 2 amide bonds. The average Bonchev–Trinajstić information content (AvgIpc) is 3.15. The fourth-order valence-corrected chi connectivity index (χ4v) is 5.16. The Morgan fingerprint density at radius 3 is 2.67 bits per heavy atom. The smallest absolute Gasteiger partial charge is 0.252 e. The highest BCUT2D eigenvalue weighted by molar-refractivity contribution is 9.10. The lowest BCUT2D eigenvalue weighted by atomic mass is 9.84. The maximum Gasteiger partial charge on any atom is 0.252 e. The van der Waals surface area contributed by atoms with E-state index in [0.29, 0.717) is 18.2 Å². The van der Waals surface area contributed by atoms with E-state index in [4.69, 9.17) is 0 Å². The van der Waals surface area contributed by atoms with Crippen molar-refractivity contribution in [2.75, 3.05) is 18.5 Å². The highest BCUT2D eigenvalue weighted by Gasteiger charge is 2.32. The van der Waals surface area contributed by atoms with Gasteiger partial charge in [0.2, 0.25) is 5.91 Å². The lowest BCUT2D eigenvalue weighted by Gasteiger charge is -2.32. The number of rotatable bonds is 5. The Bertz CT molecular complexity index is 703. The second kappa shape index (κ2) is 8.63. The first-order valence-electron chi connectivity index (χ1n) is 9.98. The fourth-order valence-electron chi connectivity index (χ4n) is 4.44. The zero-order valence-electron chi connectivity index (χ0n) is 16.4. The van der Waals surface area contributed by atoms with Crippen molar-refractivity contribution in [2.24, 2.45) is 11.8 Å². The molecule has 2 fully saturated rings. The third-order valence-corrected chi connectivity index (χ3v) is 6.93. The van der Waals surface area contributed by atoms with Crippen molar-refractivity contribution in [2.45, 2.75) is 58.0 Å². The normalized spacial score (nSPS) is 25.9. The van der Waals surface area contributed by atoms with Crippen molar-refractivity contribution in [3.63, 3.8) is 0 Å². The van der Waals surface area contributed by atoms with Crippen molar-refractivity contribution in [1.29, 1.82) is 0 Å². The Morgan fingerprint density at radius 1 is 1.30 bits per heavy atom. The number of carbonyl (C=O) groups is 2. The third kappa shape index (κ3) is 4.48. The number of benzene rings is 1. The van der Waals surface area contributed by atoms with Crippen LogP contribution in [-0.2, 0) is 4.79 Å². The van der Waals surface area contributed by atoms with E-state index >= 15 is 0 Å². The molecule has 1 aliphatic carbocycles. The lowest BCUT2D eigenvalue weighted by molar-refractivity contribution is -0.129. The summed E-state index contributed by atoms with van der Waals surface area (Å²) in [6.45, 7) is 4.47. The van der Waals surface area contributed by atoms with Gasteiger partial charge in [0.25, 0.3) is 5.91 Å². The van der Waals surface area contributed by atoms with Gasteiger partial charge in [-0.05, 0) is 60.2 Å². The molecule has 1 saturated carbocycles. The van der Waals surface area contributed by atoms with Crippen molar-refractivity contribution >= 4 is 33.4 Å². The maximum absolute atomic E-state index is 12.8. The van der Waals surface area contributed by atoms with Gasteiger partial charge in [-0.1, -0.05) is 25.8 Å². The number of halogens is 1. The molecule has 5 nitrogen and oxygen atoms in total. The van der Waals surface area contributed by atoms with E-state index in [0.717, 1.165) is 16.6 Å². The van der Waals surface area contributed by atoms with Crippen LogP contribution in [-0.4, -0.2) is 37.5 Å². The van der Waals surface area contributed by atoms with Crippen molar-refractivity contribution in [1.82, 2.24) is 10.6 Å². The molecule has 0 spiro atoms. The van der Waals surface area contributed by atoms with Crippen LogP contribution in [0, 0.1) is 11.8 Å². The lowest BCUT2D eigenvalue weighted by Crippen LogP contribution is -2.50. The van der Waals surface area contributed by atoms with Gasteiger partial charge in [0.05, 0.1) is 21.6 Å². The number of anilines is 1. The molecule has 1 aromatic carbocycles. The van der Waals surface area contributed by atoms with Gasteiger partial charge in [0.1, 0.15) is 0 Å². The number of hydrogen-bond acceptors (Lipinski definition) is 3. The summed E-state index contributed by atoms with van der Waals surface area (Å²) in [6, 6.07) is 6.55. The molecule has 1 aromatic rings. The number of piperidine rings is 1. The summed E-state index contributed by atoms with van der Waals surface area (Å²) in [6.07, 6.45) is 5.89. The van der Waals surface area contributed by atoms with Gasteiger partial charge in [0, 0.05) is 25.7 Å². The number of carbonyl (C=O) groups excluding carboxylic acids is 2. The predicted octanol–water partition coefficient (Wildman–Crippen LogP) is 3.72. The van der Waals surface area contributed by atoms with Crippen LogP contribution in [0.5, 0.6) is 0 Å². The molecule has 27 heavy (non-hydrogen) atoms. The van der Waals surface area contributed by atoms with E-state index in [-0.39, 0.29) is 29.7 Å². The summed E-state index contributed by atoms with van der Waals surface area (Å²) in [4.78, 5) is 27.3. The molecule has 0 bridgehead atoms. The molecule has 3 unspecified atom stereocenters. The van der Waals surface area contributed by atoms with Gasteiger partial charge in [0.15, 0.2) is 0 Å². The van der Waals surface area contributed by atoms with E-state index in [2.05, 4.69) is 51.5 Å². The second-order valence-corrected chi connectivity index (χ2v) is 8.92. The van der Waals surface area contributed by atoms with Crippen LogP contribution in [0.15, 0.2) is 22.7 Å².